The summed E-state index contributed by atoms with van der Waals surface area (Å²) >= 11 is 0. The zero-order valence-corrected chi connectivity index (χ0v) is 17.5. The van der Waals surface area contributed by atoms with Gasteiger partial charge in [0.15, 0.2) is 0 Å². The van der Waals surface area contributed by atoms with Crippen LogP contribution < -0.4 is 0 Å². The molecule has 30 heavy (non-hydrogen) atoms. The van der Waals surface area contributed by atoms with Gasteiger partial charge in [-0.3, -0.25) is 9.59 Å². The average molecular weight is 404 g/mol. The molecule has 0 saturated carbocycles. The molecule has 2 aliphatic rings. The van der Waals surface area contributed by atoms with Crippen LogP contribution in [0.2, 0.25) is 0 Å². The number of benzene rings is 2. The van der Waals surface area contributed by atoms with Crippen LogP contribution in [0.4, 0.5) is 0 Å². The maximum Gasteiger partial charge on any atom is 0.307 e. The van der Waals surface area contributed by atoms with E-state index in [-0.39, 0.29) is 18.3 Å². The van der Waals surface area contributed by atoms with E-state index in [1.54, 1.807) is 0 Å². The molecular weight excluding hydrogens is 374 g/mol. The summed E-state index contributed by atoms with van der Waals surface area (Å²) < 4.78 is 5.54. The van der Waals surface area contributed by atoms with Crippen LogP contribution in [0.3, 0.4) is 0 Å². The number of rotatable bonds is 5. The molecule has 2 saturated heterocycles. The van der Waals surface area contributed by atoms with E-state index >= 15 is 0 Å². The molecule has 2 heterocycles. The summed E-state index contributed by atoms with van der Waals surface area (Å²) in [6.45, 7) is 7.76. The van der Waals surface area contributed by atoms with E-state index in [1.807, 2.05) is 42.2 Å². The highest BCUT2D eigenvalue weighted by Crippen LogP contribution is 2.38. The van der Waals surface area contributed by atoms with Gasteiger partial charge in [0.2, 0.25) is 5.91 Å². The van der Waals surface area contributed by atoms with Crippen LogP contribution in [0, 0.1) is 18.8 Å². The summed E-state index contributed by atoms with van der Waals surface area (Å²) in [5.74, 6) is -0.239. The SMILES string of the molecule is C=C(Cc1ccccc1)C1CCN(C(=O)[C@H]2CC(=O)O[C@@H]2c2ccc(C)cc2)CC1. The van der Waals surface area contributed by atoms with Crippen LogP contribution in [-0.2, 0) is 20.7 Å². The molecule has 2 aliphatic heterocycles. The summed E-state index contributed by atoms with van der Waals surface area (Å²) in [4.78, 5) is 27.2. The topological polar surface area (TPSA) is 46.6 Å². The van der Waals surface area contributed by atoms with Crippen molar-refractivity contribution in [3.05, 3.63) is 83.4 Å². The Balaban J connectivity index is 1.36. The predicted octanol–water partition coefficient (Wildman–Crippen LogP) is 4.64. The number of amides is 1. The number of nitrogens with zero attached hydrogens (tertiary/aromatic N) is 1. The Morgan fingerprint density at radius 2 is 1.73 bits per heavy atom. The minimum Gasteiger partial charge on any atom is -0.457 e. The third-order valence-corrected chi connectivity index (χ3v) is 6.39. The first-order valence-corrected chi connectivity index (χ1v) is 10.8. The molecule has 1 amide bonds. The Bertz CT molecular complexity index is 911. The molecule has 0 bridgehead atoms. The largest absolute Gasteiger partial charge is 0.457 e. The van der Waals surface area contributed by atoms with Gasteiger partial charge in [-0.2, -0.15) is 0 Å². The van der Waals surface area contributed by atoms with Gasteiger partial charge >= 0.3 is 5.97 Å². The van der Waals surface area contributed by atoms with Crippen LogP contribution in [0.1, 0.15) is 42.1 Å². The highest BCUT2D eigenvalue weighted by molar-refractivity contribution is 5.87. The second-order valence-corrected chi connectivity index (χ2v) is 8.55. The fourth-order valence-electron chi connectivity index (χ4n) is 4.58. The number of ether oxygens (including phenoxy) is 1. The van der Waals surface area contributed by atoms with Gasteiger partial charge in [0.05, 0.1) is 12.3 Å². The Morgan fingerprint density at radius 1 is 1.07 bits per heavy atom. The lowest BCUT2D eigenvalue weighted by molar-refractivity contribution is -0.142. The molecule has 0 radical (unpaired) electrons. The van der Waals surface area contributed by atoms with Crippen molar-refractivity contribution >= 4 is 11.9 Å². The van der Waals surface area contributed by atoms with Crippen LogP contribution in [0.15, 0.2) is 66.7 Å². The maximum atomic E-state index is 13.2. The van der Waals surface area contributed by atoms with Crippen molar-refractivity contribution in [3.63, 3.8) is 0 Å². The number of hydrogen-bond acceptors (Lipinski definition) is 3. The Kier molecular flexibility index (Phi) is 6.03. The van der Waals surface area contributed by atoms with E-state index in [1.165, 1.54) is 11.1 Å². The van der Waals surface area contributed by atoms with E-state index in [9.17, 15) is 9.59 Å². The number of hydrogen-bond donors (Lipinski definition) is 0. The predicted molar refractivity (Wildman–Crippen MR) is 117 cm³/mol. The Labute approximate surface area is 178 Å². The van der Waals surface area contributed by atoms with Crippen molar-refractivity contribution in [1.82, 2.24) is 4.90 Å². The van der Waals surface area contributed by atoms with Crippen LogP contribution in [-0.4, -0.2) is 29.9 Å². The fraction of sp³-hybridized carbons (Fsp3) is 0.385. The lowest BCUT2D eigenvalue weighted by atomic mass is 9.85. The summed E-state index contributed by atoms with van der Waals surface area (Å²) in [6.07, 6.45) is 2.43. The molecule has 0 N–H and O–H groups in total. The standard InChI is InChI=1S/C26H29NO3/c1-18-8-10-22(11-9-18)25-23(17-24(28)30-25)26(29)27-14-12-21(13-15-27)19(2)16-20-6-4-3-5-7-20/h3-11,21,23,25H,2,12-17H2,1H3/t23-,25+/m0/s1. The molecule has 4 rings (SSSR count). The monoisotopic (exact) mass is 403 g/mol. The summed E-state index contributed by atoms with van der Waals surface area (Å²) in [5.41, 5.74) is 4.56. The van der Waals surface area contributed by atoms with E-state index < -0.39 is 12.0 Å². The maximum absolute atomic E-state index is 13.2. The quantitative estimate of drug-likeness (QED) is 0.540. The van der Waals surface area contributed by atoms with Crippen molar-refractivity contribution in [2.24, 2.45) is 11.8 Å². The van der Waals surface area contributed by atoms with Gasteiger partial charge in [-0.1, -0.05) is 72.3 Å². The van der Waals surface area contributed by atoms with Gasteiger partial charge in [0.1, 0.15) is 6.10 Å². The normalized spacial score (nSPS) is 22.0. The van der Waals surface area contributed by atoms with Crippen LogP contribution >= 0.6 is 0 Å². The van der Waals surface area contributed by atoms with Crippen molar-refractivity contribution in [3.8, 4) is 0 Å². The molecule has 156 valence electrons. The van der Waals surface area contributed by atoms with E-state index in [0.29, 0.717) is 19.0 Å². The third kappa shape index (κ3) is 4.48. The van der Waals surface area contributed by atoms with E-state index in [0.717, 1.165) is 30.4 Å². The first-order valence-electron chi connectivity index (χ1n) is 10.8. The molecule has 0 spiro atoms. The van der Waals surface area contributed by atoms with Gasteiger partial charge in [-0.25, -0.2) is 0 Å². The molecule has 0 aromatic heterocycles. The molecule has 4 heteroatoms. The Morgan fingerprint density at radius 3 is 2.40 bits per heavy atom. The highest BCUT2D eigenvalue weighted by Gasteiger charge is 2.43. The number of carbonyl (C=O) groups is 2. The van der Waals surface area contributed by atoms with Gasteiger partial charge in [0, 0.05) is 13.1 Å². The van der Waals surface area contributed by atoms with Gasteiger partial charge in [0.25, 0.3) is 0 Å². The Hall–Kier alpha value is -2.88. The molecule has 2 aromatic rings. The van der Waals surface area contributed by atoms with Gasteiger partial charge in [-0.15, -0.1) is 0 Å². The smallest absolute Gasteiger partial charge is 0.307 e. The average Bonchev–Trinajstić information content (AvgIpc) is 3.16. The number of allylic oxidation sites excluding steroid dienone is 1. The summed E-state index contributed by atoms with van der Waals surface area (Å²) in [5, 5.41) is 0. The van der Waals surface area contributed by atoms with Crippen molar-refractivity contribution in [1.29, 1.82) is 0 Å². The van der Waals surface area contributed by atoms with Crippen LogP contribution in [0.5, 0.6) is 0 Å². The second-order valence-electron chi connectivity index (χ2n) is 8.55. The summed E-state index contributed by atoms with van der Waals surface area (Å²) in [6, 6.07) is 18.3. The molecule has 2 aromatic carbocycles. The molecule has 4 nitrogen and oxygen atoms in total. The number of likely N-dealkylation sites (tertiary alicyclic amines) is 1. The lowest BCUT2D eigenvalue weighted by Gasteiger charge is -2.35. The first-order chi connectivity index (χ1) is 14.5. The fourth-order valence-corrected chi connectivity index (χ4v) is 4.58. The molecule has 2 atom stereocenters. The molecular formula is C26H29NO3. The first kappa shape index (κ1) is 20.4. The van der Waals surface area contributed by atoms with E-state index in [2.05, 4.69) is 30.8 Å². The second kappa shape index (κ2) is 8.86. The molecule has 0 aliphatic carbocycles. The molecule has 2 fully saturated rings. The minimum atomic E-state index is -0.476. The number of esters is 1. The number of cyclic esters (lactones) is 1. The zero-order chi connectivity index (χ0) is 21.1. The lowest BCUT2D eigenvalue weighted by Crippen LogP contribution is -2.42. The zero-order valence-electron chi connectivity index (χ0n) is 17.5. The van der Waals surface area contributed by atoms with Crippen molar-refractivity contribution in [2.45, 2.75) is 38.7 Å². The number of aryl methyl sites for hydroxylation is 1. The third-order valence-electron chi connectivity index (χ3n) is 6.39. The van der Waals surface area contributed by atoms with Gasteiger partial charge < -0.3 is 9.64 Å². The molecule has 0 unspecified atom stereocenters. The van der Waals surface area contributed by atoms with Gasteiger partial charge in [-0.05, 0) is 43.2 Å². The number of carbonyl (C=O) groups excluding carboxylic acids is 2. The van der Waals surface area contributed by atoms with Crippen molar-refractivity contribution in [2.75, 3.05) is 13.1 Å². The highest BCUT2D eigenvalue weighted by atomic mass is 16.6. The van der Waals surface area contributed by atoms with Crippen LogP contribution in [0.25, 0.3) is 0 Å². The van der Waals surface area contributed by atoms with Crippen molar-refractivity contribution < 1.29 is 14.3 Å². The van der Waals surface area contributed by atoms with E-state index in [4.69, 9.17) is 4.74 Å². The summed E-state index contributed by atoms with van der Waals surface area (Å²) in [7, 11) is 0. The number of piperidine rings is 1. The minimum absolute atomic E-state index is 0.0403.